The first-order valence-corrected chi connectivity index (χ1v) is 6.84. The van der Waals surface area contributed by atoms with Crippen molar-refractivity contribution in [3.05, 3.63) is 29.7 Å². The largest absolute Gasteiger partial charge is 0.316 e. The Morgan fingerprint density at radius 2 is 2.39 bits per heavy atom. The number of hydrogen-bond acceptors (Lipinski definition) is 3. The molecular weight excluding hydrogens is 224 g/mol. The van der Waals surface area contributed by atoms with Crippen molar-refractivity contribution >= 4 is 5.65 Å². The normalized spacial score (nSPS) is 20.4. The van der Waals surface area contributed by atoms with Gasteiger partial charge in [-0.1, -0.05) is 0 Å². The molecule has 0 radical (unpaired) electrons. The highest BCUT2D eigenvalue weighted by molar-refractivity contribution is 5.40. The van der Waals surface area contributed by atoms with Gasteiger partial charge >= 0.3 is 0 Å². The molecule has 3 heterocycles. The minimum Gasteiger partial charge on any atom is -0.316 e. The molecule has 0 amide bonds. The van der Waals surface area contributed by atoms with Gasteiger partial charge in [-0.3, -0.25) is 4.40 Å². The van der Waals surface area contributed by atoms with Crippen LogP contribution in [0.4, 0.5) is 0 Å². The molecule has 0 spiro atoms. The second-order valence-corrected chi connectivity index (χ2v) is 5.30. The Morgan fingerprint density at radius 3 is 3.22 bits per heavy atom. The number of fused-ring (bicyclic) bond motifs is 1. The number of hydrogen-bond donors (Lipinski definition) is 1. The van der Waals surface area contributed by atoms with Gasteiger partial charge in [0.1, 0.15) is 5.82 Å². The Balaban J connectivity index is 1.70. The Kier molecular flexibility index (Phi) is 3.28. The molecule has 1 unspecified atom stereocenters. The highest BCUT2D eigenvalue weighted by Gasteiger charge is 2.14. The summed E-state index contributed by atoms with van der Waals surface area (Å²) in [7, 11) is 0. The van der Waals surface area contributed by atoms with Crippen molar-refractivity contribution in [1.29, 1.82) is 0 Å². The molecule has 1 aliphatic rings. The number of piperidine rings is 1. The van der Waals surface area contributed by atoms with E-state index in [0.29, 0.717) is 0 Å². The highest BCUT2D eigenvalue weighted by atomic mass is 15.2. The van der Waals surface area contributed by atoms with E-state index in [9.17, 15) is 0 Å². The molecule has 0 aromatic carbocycles. The summed E-state index contributed by atoms with van der Waals surface area (Å²) in [5.74, 6) is 1.90. The van der Waals surface area contributed by atoms with Crippen molar-refractivity contribution in [3.8, 4) is 0 Å². The molecular formula is C14H20N4. The monoisotopic (exact) mass is 244 g/mol. The van der Waals surface area contributed by atoms with E-state index in [1.165, 1.54) is 31.4 Å². The Morgan fingerprint density at radius 1 is 1.44 bits per heavy atom. The Labute approximate surface area is 107 Å². The summed E-state index contributed by atoms with van der Waals surface area (Å²) >= 11 is 0. The predicted octanol–water partition coefficient (Wildman–Crippen LogP) is 1.97. The average Bonchev–Trinajstić information content (AvgIpc) is 2.80. The SMILES string of the molecule is Cc1ccn2c(CCC3CCCNC3)nnc2c1. The van der Waals surface area contributed by atoms with Crippen LogP contribution >= 0.6 is 0 Å². The van der Waals surface area contributed by atoms with Gasteiger partial charge in [-0.25, -0.2) is 0 Å². The van der Waals surface area contributed by atoms with Crippen LogP contribution in [0.3, 0.4) is 0 Å². The van der Waals surface area contributed by atoms with Gasteiger partial charge in [0, 0.05) is 12.6 Å². The van der Waals surface area contributed by atoms with Crippen molar-refractivity contribution < 1.29 is 0 Å². The molecule has 1 N–H and O–H groups in total. The molecule has 1 aliphatic heterocycles. The van der Waals surface area contributed by atoms with Crippen LogP contribution in [0.25, 0.3) is 5.65 Å². The van der Waals surface area contributed by atoms with Gasteiger partial charge in [-0.2, -0.15) is 0 Å². The second-order valence-electron chi connectivity index (χ2n) is 5.30. The summed E-state index contributed by atoms with van der Waals surface area (Å²) in [5, 5.41) is 12.0. The smallest absolute Gasteiger partial charge is 0.161 e. The molecule has 96 valence electrons. The minimum atomic E-state index is 0.802. The summed E-state index contributed by atoms with van der Waals surface area (Å²) in [4.78, 5) is 0. The molecule has 4 nitrogen and oxygen atoms in total. The molecule has 0 bridgehead atoms. The quantitative estimate of drug-likeness (QED) is 0.897. The van der Waals surface area contributed by atoms with Crippen molar-refractivity contribution in [2.45, 2.75) is 32.6 Å². The first-order chi connectivity index (χ1) is 8.83. The zero-order chi connectivity index (χ0) is 12.4. The Bertz CT molecular complexity index is 526. The fraction of sp³-hybridized carbons (Fsp3) is 0.571. The topological polar surface area (TPSA) is 42.2 Å². The predicted molar refractivity (Wildman–Crippen MR) is 71.6 cm³/mol. The molecule has 2 aromatic heterocycles. The average molecular weight is 244 g/mol. The molecule has 1 fully saturated rings. The zero-order valence-corrected chi connectivity index (χ0v) is 10.9. The van der Waals surface area contributed by atoms with Gasteiger partial charge in [-0.05, 0) is 62.9 Å². The Hall–Kier alpha value is -1.42. The van der Waals surface area contributed by atoms with Gasteiger partial charge < -0.3 is 5.32 Å². The summed E-state index contributed by atoms with van der Waals surface area (Å²) in [6, 6.07) is 4.20. The van der Waals surface area contributed by atoms with Gasteiger partial charge in [-0.15, -0.1) is 10.2 Å². The maximum Gasteiger partial charge on any atom is 0.161 e. The first-order valence-electron chi connectivity index (χ1n) is 6.84. The van der Waals surface area contributed by atoms with Crippen LogP contribution in [0.5, 0.6) is 0 Å². The van der Waals surface area contributed by atoms with E-state index in [4.69, 9.17) is 0 Å². The summed E-state index contributed by atoms with van der Waals surface area (Å²) in [6.07, 6.45) is 6.98. The molecule has 0 saturated carbocycles. The molecule has 1 atom stereocenters. The van der Waals surface area contributed by atoms with Crippen LogP contribution in [0, 0.1) is 12.8 Å². The van der Waals surface area contributed by atoms with Crippen molar-refractivity contribution in [3.63, 3.8) is 0 Å². The standard InChI is InChI=1S/C14H20N4/c1-11-6-8-18-13(16-17-14(18)9-11)5-4-12-3-2-7-15-10-12/h6,8-9,12,15H,2-5,7,10H2,1H3. The second kappa shape index (κ2) is 5.06. The van der Waals surface area contributed by atoms with Crippen molar-refractivity contribution in [1.82, 2.24) is 19.9 Å². The lowest BCUT2D eigenvalue weighted by atomic mass is 9.94. The van der Waals surface area contributed by atoms with E-state index >= 15 is 0 Å². The lowest BCUT2D eigenvalue weighted by Crippen LogP contribution is -2.30. The van der Waals surface area contributed by atoms with Gasteiger partial charge in [0.25, 0.3) is 0 Å². The highest BCUT2D eigenvalue weighted by Crippen LogP contribution is 2.17. The van der Waals surface area contributed by atoms with Crippen LogP contribution in [-0.2, 0) is 6.42 Å². The maximum absolute atomic E-state index is 4.31. The first kappa shape index (κ1) is 11.7. The van der Waals surface area contributed by atoms with Crippen LogP contribution in [0.2, 0.25) is 0 Å². The number of aromatic nitrogens is 3. The van der Waals surface area contributed by atoms with E-state index < -0.39 is 0 Å². The van der Waals surface area contributed by atoms with Gasteiger partial charge in [0.15, 0.2) is 5.65 Å². The van der Waals surface area contributed by atoms with Crippen LogP contribution in [-0.4, -0.2) is 27.7 Å². The number of nitrogens with zero attached hydrogens (tertiary/aromatic N) is 3. The van der Waals surface area contributed by atoms with Crippen LogP contribution < -0.4 is 5.32 Å². The van der Waals surface area contributed by atoms with E-state index in [1.807, 2.05) is 0 Å². The van der Waals surface area contributed by atoms with E-state index in [1.54, 1.807) is 0 Å². The third-order valence-electron chi connectivity index (χ3n) is 3.81. The lowest BCUT2D eigenvalue weighted by Gasteiger charge is -2.22. The summed E-state index contributed by atoms with van der Waals surface area (Å²) in [6.45, 7) is 4.43. The van der Waals surface area contributed by atoms with Gasteiger partial charge in [0.05, 0.1) is 0 Å². The summed E-state index contributed by atoms with van der Waals surface area (Å²) in [5.41, 5.74) is 2.20. The third kappa shape index (κ3) is 2.38. The fourth-order valence-electron chi connectivity index (χ4n) is 2.72. The minimum absolute atomic E-state index is 0.802. The third-order valence-corrected chi connectivity index (χ3v) is 3.81. The molecule has 4 heteroatoms. The van der Waals surface area contributed by atoms with Gasteiger partial charge in [0.2, 0.25) is 0 Å². The van der Waals surface area contributed by atoms with Crippen LogP contribution in [0.1, 0.15) is 30.7 Å². The van der Waals surface area contributed by atoms with E-state index in [0.717, 1.165) is 30.4 Å². The molecule has 0 aliphatic carbocycles. The number of rotatable bonds is 3. The molecule has 2 aromatic rings. The number of nitrogens with one attached hydrogen (secondary N) is 1. The summed E-state index contributed by atoms with van der Waals surface area (Å²) < 4.78 is 2.11. The lowest BCUT2D eigenvalue weighted by molar-refractivity contribution is 0.356. The van der Waals surface area contributed by atoms with Crippen molar-refractivity contribution in [2.24, 2.45) is 5.92 Å². The van der Waals surface area contributed by atoms with E-state index in [2.05, 4.69) is 45.2 Å². The zero-order valence-electron chi connectivity index (χ0n) is 10.9. The van der Waals surface area contributed by atoms with Crippen molar-refractivity contribution in [2.75, 3.05) is 13.1 Å². The maximum atomic E-state index is 4.31. The number of pyridine rings is 1. The molecule has 3 rings (SSSR count). The van der Waals surface area contributed by atoms with Crippen LogP contribution in [0.15, 0.2) is 18.3 Å². The number of aryl methyl sites for hydroxylation is 2. The molecule has 18 heavy (non-hydrogen) atoms. The molecule has 1 saturated heterocycles. The fourth-order valence-corrected chi connectivity index (χ4v) is 2.72. The van der Waals surface area contributed by atoms with E-state index in [-0.39, 0.29) is 0 Å².